The van der Waals surface area contributed by atoms with Crippen molar-refractivity contribution in [1.29, 1.82) is 0 Å². The van der Waals surface area contributed by atoms with Crippen LogP contribution in [0.25, 0.3) is 0 Å². The van der Waals surface area contributed by atoms with Gasteiger partial charge >= 0.3 is 0 Å². The number of anilines is 2. The van der Waals surface area contributed by atoms with Gasteiger partial charge in [-0.05, 0) is 30.7 Å². The molecule has 2 rings (SSSR count). The summed E-state index contributed by atoms with van der Waals surface area (Å²) in [5.41, 5.74) is 7.85. The van der Waals surface area contributed by atoms with Crippen molar-refractivity contribution in [1.82, 2.24) is 0 Å². The van der Waals surface area contributed by atoms with Gasteiger partial charge in [0.2, 0.25) is 11.8 Å². The number of amides is 2. The predicted molar refractivity (Wildman–Crippen MR) is 61.9 cm³/mol. The Balaban J connectivity index is 2.41. The first-order valence-corrected chi connectivity index (χ1v) is 5.23. The van der Waals surface area contributed by atoms with E-state index in [2.05, 4.69) is 0 Å². The quantitative estimate of drug-likeness (QED) is 0.573. The Bertz CT molecular complexity index is 468. The molecule has 1 atom stereocenters. The van der Waals surface area contributed by atoms with Crippen LogP contribution in [0.1, 0.15) is 18.9 Å². The number of nitrogen functional groups attached to an aromatic ring is 1. The third kappa shape index (κ3) is 1.56. The van der Waals surface area contributed by atoms with E-state index >= 15 is 0 Å². The van der Waals surface area contributed by atoms with Gasteiger partial charge in [0.25, 0.3) is 0 Å². The summed E-state index contributed by atoms with van der Waals surface area (Å²) in [4.78, 5) is 24.7. The van der Waals surface area contributed by atoms with Crippen molar-refractivity contribution in [2.45, 2.75) is 20.3 Å². The number of rotatable bonds is 1. The fourth-order valence-corrected chi connectivity index (χ4v) is 1.85. The van der Waals surface area contributed by atoms with Gasteiger partial charge in [-0.15, -0.1) is 0 Å². The normalized spacial score (nSPS) is 20.6. The largest absolute Gasteiger partial charge is 0.399 e. The average molecular weight is 218 g/mol. The summed E-state index contributed by atoms with van der Waals surface area (Å²) in [5, 5.41) is 0. The van der Waals surface area contributed by atoms with Gasteiger partial charge in [-0.2, -0.15) is 0 Å². The molecule has 1 aromatic rings. The highest BCUT2D eigenvalue weighted by Gasteiger charge is 2.36. The fourth-order valence-electron chi connectivity index (χ4n) is 1.85. The Kier molecular flexibility index (Phi) is 2.42. The molecule has 0 saturated carbocycles. The zero-order valence-corrected chi connectivity index (χ0v) is 9.36. The number of hydrogen-bond donors (Lipinski definition) is 1. The summed E-state index contributed by atoms with van der Waals surface area (Å²) >= 11 is 0. The van der Waals surface area contributed by atoms with Crippen LogP contribution < -0.4 is 10.6 Å². The van der Waals surface area contributed by atoms with Crippen molar-refractivity contribution in [3.63, 3.8) is 0 Å². The van der Waals surface area contributed by atoms with Crippen LogP contribution in [-0.4, -0.2) is 11.8 Å². The Morgan fingerprint density at radius 1 is 1.38 bits per heavy atom. The van der Waals surface area contributed by atoms with Crippen molar-refractivity contribution in [3.05, 3.63) is 23.8 Å². The maximum absolute atomic E-state index is 11.8. The first kappa shape index (κ1) is 10.7. The molecule has 84 valence electrons. The van der Waals surface area contributed by atoms with E-state index in [1.54, 1.807) is 25.1 Å². The van der Waals surface area contributed by atoms with Crippen LogP contribution in [0, 0.1) is 12.8 Å². The Morgan fingerprint density at radius 2 is 2.06 bits per heavy atom. The lowest BCUT2D eigenvalue weighted by Gasteiger charge is -2.15. The third-order valence-electron chi connectivity index (χ3n) is 2.88. The highest BCUT2D eigenvalue weighted by molar-refractivity contribution is 6.20. The topological polar surface area (TPSA) is 63.4 Å². The van der Waals surface area contributed by atoms with E-state index < -0.39 is 0 Å². The Hall–Kier alpha value is -1.84. The first-order valence-electron chi connectivity index (χ1n) is 5.23. The second kappa shape index (κ2) is 3.63. The molecular formula is C12H14N2O2. The average Bonchev–Trinajstić information content (AvgIpc) is 2.47. The SMILES string of the molecule is Cc1cc(N2C(=O)CC(C)C2=O)ccc1N. The molecule has 2 N–H and O–H groups in total. The first-order chi connectivity index (χ1) is 7.50. The number of carbonyl (C=O) groups is 2. The lowest BCUT2D eigenvalue weighted by molar-refractivity contribution is -0.122. The molecule has 0 aliphatic carbocycles. The minimum atomic E-state index is -0.217. The second-order valence-electron chi connectivity index (χ2n) is 4.21. The molecule has 0 aromatic heterocycles. The number of hydrogen-bond acceptors (Lipinski definition) is 3. The van der Waals surface area contributed by atoms with E-state index in [0.717, 1.165) is 5.56 Å². The van der Waals surface area contributed by atoms with Crippen LogP contribution in [-0.2, 0) is 9.59 Å². The van der Waals surface area contributed by atoms with Crippen LogP contribution in [0.4, 0.5) is 11.4 Å². The van der Waals surface area contributed by atoms with Crippen molar-refractivity contribution in [3.8, 4) is 0 Å². The monoisotopic (exact) mass is 218 g/mol. The molecule has 0 bridgehead atoms. The molecule has 1 heterocycles. The summed E-state index contributed by atoms with van der Waals surface area (Å²) < 4.78 is 0. The predicted octanol–water partition coefficient (Wildman–Crippen LogP) is 1.48. The molecule has 2 amide bonds. The van der Waals surface area contributed by atoms with E-state index in [1.807, 2.05) is 6.92 Å². The molecule has 0 spiro atoms. The second-order valence-corrected chi connectivity index (χ2v) is 4.21. The molecular weight excluding hydrogens is 204 g/mol. The highest BCUT2D eigenvalue weighted by atomic mass is 16.2. The third-order valence-corrected chi connectivity index (χ3v) is 2.88. The van der Waals surface area contributed by atoms with E-state index in [9.17, 15) is 9.59 Å². The summed E-state index contributed by atoms with van der Waals surface area (Å²) in [5.74, 6) is -0.485. The van der Waals surface area contributed by atoms with Crippen LogP contribution in [0.15, 0.2) is 18.2 Å². The van der Waals surface area contributed by atoms with Crippen LogP contribution in [0.5, 0.6) is 0 Å². The maximum Gasteiger partial charge on any atom is 0.237 e. The van der Waals surface area contributed by atoms with E-state index in [4.69, 9.17) is 5.73 Å². The summed E-state index contributed by atoms with van der Waals surface area (Å²) in [6.45, 7) is 3.62. The zero-order valence-electron chi connectivity index (χ0n) is 9.36. The molecule has 1 unspecified atom stereocenters. The van der Waals surface area contributed by atoms with Crippen molar-refractivity contribution in [2.24, 2.45) is 5.92 Å². The molecule has 1 fully saturated rings. The van der Waals surface area contributed by atoms with Crippen molar-refractivity contribution < 1.29 is 9.59 Å². The van der Waals surface area contributed by atoms with Gasteiger partial charge < -0.3 is 5.73 Å². The van der Waals surface area contributed by atoms with Gasteiger partial charge in [-0.25, -0.2) is 0 Å². The number of nitrogens with zero attached hydrogens (tertiary/aromatic N) is 1. The van der Waals surface area contributed by atoms with Gasteiger partial charge in [0.1, 0.15) is 0 Å². The van der Waals surface area contributed by atoms with E-state index in [1.165, 1.54) is 4.90 Å². The number of nitrogens with two attached hydrogens (primary N) is 1. The number of imide groups is 1. The Morgan fingerprint density at radius 3 is 2.56 bits per heavy atom. The van der Waals surface area contributed by atoms with Gasteiger partial charge in [-0.1, -0.05) is 6.92 Å². The summed E-state index contributed by atoms with van der Waals surface area (Å²) in [6, 6.07) is 5.19. The molecule has 4 heteroatoms. The zero-order chi connectivity index (χ0) is 11.9. The summed E-state index contributed by atoms with van der Waals surface area (Å²) in [6.07, 6.45) is 0.294. The maximum atomic E-state index is 11.8. The number of benzene rings is 1. The lowest BCUT2D eigenvalue weighted by Crippen LogP contribution is -2.30. The molecule has 1 saturated heterocycles. The standard InChI is InChI=1S/C12H14N2O2/c1-7-5-9(3-4-10(7)13)14-11(15)6-8(2)12(14)16/h3-5,8H,6,13H2,1-2H3. The minimum Gasteiger partial charge on any atom is -0.399 e. The molecule has 1 aromatic carbocycles. The number of aryl methyl sites for hydroxylation is 1. The van der Waals surface area contributed by atoms with Gasteiger partial charge in [0.05, 0.1) is 5.69 Å². The number of carbonyl (C=O) groups excluding carboxylic acids is 2. The molecule has 1 aliphatic rings. The van der Waals surface area contributed by atoms with E-state index in [0.29, 0.717) is 17.8 Å². The molecule has 0 radical (unpaired) electrons. The van der Waals surface area contributed by atoms with Gasteiger partial charge in [0, 0.05) is 18.0 Å². The molecule has 4 nitrogen and oxygen atoms in total. The minimum absolute atomic E-state index is 0.130. The smallest absolute Gasteiger partial charge is 0.237 e. The lowest BCUT2D eigenvalue weighted by atomic mass is 10.1. The van der Waals surface area contributed by atoms with Gasteiger partial charge in [-0.3, -0.25) is 14.5 Å². The van der Waals surface area contributed by atoms with Crippen LogP contribution in [0.3, 0.4) is 0 Å². The molecule has 1 aliphatic heterocycles. The highest BCUT2D eigenvalue weighted by Crippen LogP contribution is 2.28. The Labute approximate surface area is 94.0 Å². The van der Waals surface area contributed by atoms with Crippen LogP contribution >= 0.6 is 0 Å². The molecule has 16 heavy (non-hydrogen) atoms. The van der Waals surface area contributed by atoms with E-state index in [-0.39, 0.29) is 17.7 Å². The van der Waals surface area contributed by atoms with Crippen molar-refractivity contribution >= 4 is 23.2 Å². The van der Waals surface area contributed by atoms with Gasteiger partial charge in [0.15, 0.2) is 0 Å². The summed E-state index contributed by atoms with van der Waals surface area (Å²) in [7, 11) is 0. The van der Waals surface area contributed by atoms with Crippen LogP contribution in [0.2, 0.25) is 0 Å². The van der Waals surface area contributed by atoms with Crippen molar-refractivity contribution in [2.75, 3.05) is 10.6 Å². The fraction of sp³-hybridized carbons (Fsp3) is 0.333.